The highest BCUT2D eigenvalue weighted by Crippen LogP contribution is 2.09. The zero-order chi connectivity index (χ0) is 27.4. The fourth-order valence-corrected chi connectivity index (χ4v) is 3.86. The van der Waals surface area contributed by atoms with E-state index in [-0.39, 0.29) is 25.7 Å². The summed E-state index contributed by atoms with van der Waals surface area (Å²) < 4.78 is 0. The van der Waals surface area contributed by atoms with E-state index in [1.807, 2.05) is 0 Å². The number of rotatable bonds is 15. The summed E-state index contributed by atoms with van der Waals surface area (Å²) >= 11 is 0. The van der Waals surface area contributed by atoms with E-state index in [1.54, 1.807) is 30.3 Å². The highest BCUT2D eigenvalue weighted by Gasteiger charge is 2.32. The van der Waals surface area contributed by atoms with Crippen molar-refractivity contribution in [2.75, 3.05) is 6.54 Å². The van der Waals surface area contributed by atoms with Gasteiger partial charge < -0.3 is 37.2 Å². The Morgan fingerprint density at radius 3 is 2.08 bits per heavy atom. The van der Waals surface area contributed by atoms with E-state index in [4.69, 9.17) is 10.8 Å². The van der Waals surface area contributed by atoms with Crippen molar-refractivity contribution in [3.8, 4) is 0 Å². The predicted octanol–water partition coefficient (Wildman–Crippen LogP) is -1.35. The number of carbonyl (C=O) groups is 6. The summed E-state index contributed by atoms with van der Waals surface area (Å²) in [4.78, 5) is 72.6. The Hall–Kier alpha value is -4.00. The molecule has 0 spiro atoms. The third-order valence-corrected chi connectivity index (χ3v) is 5.87. The van der Waals surface area contributed by atoms with Crippen LogP contribution in [-0.2, 0) is 35.2 Å². The molecule has 1 aromatic rings. The summed E-state index contributed by atoms with van der Waals surface area (Å²) in [5.74, 6) is -5.34. The molecule has 0 radical (unpaired) electrons. The SMILES string of the molecule is NC(=O)CCC(NC(=O)C(Cc1ccccc1)NC(=O)C(CCC(=O)O)NC(=O)C1CCCN1)C(=O)O. The maximum atomic E-state index is 13.1. The van der Waals surface area contributed by atoms with Gasteiger partial charge >= 0.3 is 11.9 Å². The number of nitrogens with one attached hydrogen (secondary N) is 4. The van der Waals surface area contributed by atoms with E-state index in [0.29, 0.717) is 18.5 Å². The van der Waals surface area contributed by atoms with Gasteiger partial charge in [0.1, 0.15) is 18.1 Å². The van der Waals surface area contributed by atoms with Crippen LogP contribution in [0.5, 0.6) is 0 Å². The van der Waals surface area contributed by atoms with E-state index >= 15 is 0 Å². The van der Waals surface area contributed by atoms with Gasteiger partial charge in [0, 0.05) is 19.3 Å². The number of aliphatic carboxylic acids is 2. The van der Waals surface area contributed by atoms with Gasteiger partial charge in [-0.2, -0.15) is 0 Å². The summed E-state index contributed by atoms with van der Waals surface area (Å²) in [5, 5.41) is 28.9. The van der Waals surface area contributed by atoms with Crippen LogP contribution in [-0.4, -0.2) is 76.5 Å². The van der Waals surface area contributed by atoms with E-state index in [9.17, 15) is 33.9 Å². The number of carboxylic acid groups (broad SMARTS) is 2. The smallest absolute Gasteiger partial charge is 0.326 e. The number of benzene rings is 1. The molecule has 4 amide bonds. The van der Waals surface area contributed by atoms with Crippen LogP contribution < -0.4 is 27.0 Å². The molecule has 1 saturated heterocycles. The predicted molar refractivity (Wildman–Crippen MR) is 130 cm³/mol. The molecule has 1 fully saturated rings. The summed E-state index contributed by atoms with van der Waals surface area (Å²) in [5.41, 5.74) is 5.75. The lowest BCUT2D eigenvalue weighted by Crippen LogP contribution is -2.57. The lowest BCUT2D eigenvalue weighted by molar-refractivity contribution is -0.142. The highest BCUT2D eigenvalue weighted by molar-refractivity contribution is 5.94. The van der Waals surface area contributed by atoms with Crippen molar-refractivity contribution in [1.29, 1.82) is 0 Å². The number of carboxylic acids is 2. The first-order valence-corrected chi connectivity index (χ1v) is 12.0. The number of hydrogen-bond acceptors (Lipinski definition) is 7. The Morgan fingerprint density at radius 1 is 0.892 bits per heavy atom. The van der Waals surface area contributed by atoms with Crippen LogP contribution in [0.1, 0.15) is 44.1 Å². The summed E-state index contributed by atoms with van der Waals surface area (Å²) in [6.07, 6.45) is 0.212. The van der Waals surface area contributed by atoms with Crippen molar-refractivity contribution >= 4 is 35.6 Å². The van der Waals surface area contributed by atoms with E-state index in [0.717, 1.165) is 6.42 Å². The standard InChI is InChI=1S/C24H33N5O8/c25-19(30)10-8-17(24(36)37)28-23(35)18(13-14-5-2-1-3-6-14)29-22(34)16(9-11-20(31)32)27-21(33)15-7-4-12-26-15/h1-3,5-6,15-18,26H,4,7-13H2,(H2,25,30)(H,27,33)(H,28,35)(H,29,34)(H,31,32)(H,36,37). The Kier molecular flexibility index (Phi) is 11.5. The van der Waals surface area contributed by atoms with Gasteiger partial charge in [-0.1, -0.05) is 30.3 Å². The lowest BCUT2D eigenvalue weighted by Gasteiger charge is -2.25. The van der Waals surface area contributed by atoms with E-state index in [2.05, 4.69) is 21.3 Å². The first kappa shape index (κ1) is 29.2. The third kappa shape index (κ3) is 10.3. The largest absolute Gasteiger partial charge is 0.481 e. The molecule has 1 aliphatic heterocycles. The third-order valence-electron chi connectivity index (χ3n) is 5.87. The molecule has 4 atom stereocenters. The Balaban J connectivity index is 2.20. The molecule has 2 rings (SSSR count). The number of hydrogen-bond donors (Lipinski definition) is 7. The van der Waals surface area contributed by atoms with Crippen molar-refractivity contribution in [2.45, 2.75) is 69.1 Å². The lowest BCUT2D eigenvalue weighted by atomic mass is 10.0. The molecular formula is C24H33N5O8. The summed E-state index contributed by atoms with van der Waals surface area (Å²) in [7, 11) is 0. The Bertz CT molecular complexity index is 981. The van der Waals surface area contributed by atoms with Crippen molar-refractivity contribution in [3.05, 3.63) is 35.9 Å². The van der Waals surface area contributed by atoms with Gasteiger partial charge in [-0.15, -0.1) is 0 Å². The molecule has 37 heavy (non-hydrogen) atoms. The zero-order valence-electron chi connectivity index (χ0n) is 20.3. The van der Waals surface area contributed by atoms with Gasteiger partial charge in [-0.05, 0) is 37.8 Å². The second-order valence-corrected chi connectivity index (χ2v) is 8.80. The van der Waals surface area contributed by atoms with Gasteiger partial charge in [0.05, 0.1) is 6.04 Å². The number of amides is 4. The van der Waals surface area contributed by atoms with Crippen LogP contribution in [0, 0.1) is 0 Å². The number of carbonyl (C=O) groups excluding carboxylic acids is 4. The van der Waals surface area contributed by atoms with Crippen molar-refractivity contribution in [3.63, 3.8) is 0 Å². The van der Waals surface area contributed by atoms with Crippen molar-refractivity contribution in [2.24, 2.45) is 5.73 Å². The van der Waals surface area contributed by atoms with Crippen LogP contribution in [0.4, 0.5) is 0 Å². The topological polar surface area (TPSA) is 217 Å². The molecule has 0 saturated carbocycles. The molecule has 0 aliphatic carbocycles. The van der Waals surface area contributed by atoms with Gasteiger partial charge in [-0.25, -0.2) is 4.79 Å². The molecular weight excluding hydrogens is 486 g/mol. The fraction of sp³-hybridized carbons (Fsp3) is 0.500. The highest BCUT2D eigenvalue weighted by atomic mass is 16.4. The van der Waals surface area contributed by atoms with Gasteiger partial charge in [0.2, 0.25) is 23.6 Å². The molecule has 8 N–H and O–H groups in total. The maximum Gasteiger partial charge on any atom is 0.326 e. The molecule has 0 bridgehead atoms. The van der Waals surface area contributed by atoms with E-state index in [1.165, 1.54) is 0 Å². The molecule has 13 nitrogen and oxygen atoms in total. The average Bonchev–Trinajstić information content (AvgIpc) is 3.39. The minimum absolute atomic E-state index is 0.00957. The molecule has 1 aromatic carbocycles. The quantitative estimate of drug-likeness (QED) is 0.145. The molecule has 1 heterocycles. The van der Waals surface area contributed by atoms with Crippen molar-refractivity contribution in [1.82, 2.24) is 21.3 Å². The molecule has 0 aromatic heterocycles. The van der Waals surface area contributed by atoms with Gasteiger partial charge in [0.15, 0.2) is 0 Å². The average molecular weight is 520 g/mol. The summed E-state index contributed by atoms with van der Waals surface area (Å²) in [6.45, 7) is 0.643. The fourth-order valence-electron chi connectivity index (χ4n) is 3.86. The zero-order valence-corrected chi connectivity index (χ0v) is 20.3. The van der Waals surface area contributed by atoms with E-state index < -0.39 is 66.2 Å². The maximum absolute atomic E-state index is 13.1. The summed E-state index contributed by atoms with van der Waals surface area (Å²) in [6, 6.07) is 4.22. The first-order valence-electron chi connectivity index (χ1n) is 12.0. The molecule has 4 unspecified atom stereocenters. The van der Waals surface area contributed by atoms with Crippen LogP contribution in [0.2, 0.25) is 0 Å². The minimum Gasteiger partial charge on any atom is -0.481 e. The van der Waals surface area contributed by atoms with Crippen LogP contribution >= 0.6 is 0 Å². The second-order valence-electron chi connectivity index (χ2n) is 8.80. The normalized spacial score (nSPS) is 17.1. The van der Waals surface area contributed by atoms with Crippen LogP contribution in [0.15, 0.2) is 30.3 Å². The first-order chi connectivity index (χ1) is 17.6. The monoisotopic (exact) mass is 519 g/mol. The molecule has 1 aliphatic rings. The number of primary amides is 1. The number of nitrogens with two attached hydrogens (primary N) is 1. The minimum atomic E-state index is -1.42. The second kappa shape index (κ2) is 14.5. The molecule has 202 valence electrons. The van der Waals surface area contributed by atoms with Crippen molar-refractivity contribution < 1.29 is 39.0 Å². The molecule has 13 heteroatoms. The Labute approximate surface area is 213 Å². The van der Waals surface area contributed by atoms with Gasteiger partial charge in [0.25, 0.3) is 0 Å². The van der Waals surface area contributed by atoms with Crippen LogP contribution in [0.25, 0.3) is 0 Å². The van der Waals surface area contributed by atoms with Crippen LogP contribution in [0.3, 0.4) is 0 Å². The Morgan fingerprint density at radius 2 is 1.51 bits per heavy atom. The van der Waals surface area contributed by atoms with Gasteiger partial charge in [-0.3, -0.25) is 24.0 Å².